The van der Waals surface area contributed by atoms with Gasteiger partial charge in [-0.25, -0.2) is 0 Å². The zero-order valence-corrected chi connectivity index (χ0v) is 20.3. The first-order valence-electron chi connectivity index (χ1n) is 10.5. The van der Waals surface area contributed by atoms with Crippen LogP contribution in [-0.2, 0) is 37.7 Å². The average molecular weight is 597 g/mol. The third kappa shape index (κ3) is 3.70. The number of benzene rings is 3. The summed E-state index contributed by atoms with van der Waals surface area (Å²) in [5.74, 6) is -0.0625. The molecule has 1 aromatic heterocycles. The van der Waals surface area contributed by atoms with Crippen molar-refractivity contribution in [2.24, 2.45) is 0 Å². The fourth-order valence-electron chi connectivity index (χ4n) is 4.72. The van der Waals surface area contributed by atoms with E-state index in [2.05, 4.69) is 60.7 Å². The van der Waals surface area contributed by atoms with Gasteiger partial charge in [0.2, 0.25) is 0 Å². The molecule has 1 heterocycles. The minimum absolute atomic E-state index is 0. The number of carbonyl (C=O) groups is 1. The summed E-state index contributed by atoms with van der Waals surface area (Å²) in [5, 5.41) is 9.69. The van der Waals surface area contributed by atoms with Gasteiger partial charge in [-0.15, -0.1) is 35.4 Å². The molecule has 161 valence electrons. The molecule has 2 aliphatic rings. The van der Waals surface area contributed by atoms with E-state index in [-0.39, 0.29) is 31.6 Å². The third-order valence-corrected chi connectivity index (χ3v) is 5.83. The Bertz CT molecular complexity index is 1380. The predicted molar refractivity (Wildman–Crippen MR) is 125 cm³/mol. The molecule has 6 rings (SSSR count). The second kappa shape index (κ2) is 8.82. The Hall–Kier alpha value is -3.07. The van der Waals surface area contributed by atoms with Gasteiger partial charge >= 0.3 is 0 Å². The van der Waals surface area contributed by atoms with Crippen LogP contribution in [-0.4, -0.2) is 15.9 Å². The van der Waals surface area contributed by atoms with E-state index in [1.54, 1.807) is 0 Å². The molecule has 4 heteroatoms. The third-order valence-electron chi connectivity index (χ3n) is 5.83. The van der Waals surface area contributed by atoms with Crippen molar-refractivity contribution >= 4 is 16.7 Å². The van der Waals surface area contributed by atoms with Crippen LogP contribution in [0.15, 0.2) is 72.5 Å². The number of aliphatic hydroxyl groups excluding tert-OH is 1. The second-order valence-corrected chi connectivity index (χ2v) is 8.03. The van der Waals surface area contributed by atoms with Gasteiger partial charge in [-0.05, 0) is 54.3 Å². The first kappa shape index (κ1) is 22.1. The molecule has 0 unspecified atom stereocenters. The van der Waals surface area contributed by atoms with Gasteiger partial charge in [-0.3, -0.25) is 9.78 Å². The van der Waals surface area contributed by atoms with Crippen LogP contribution in [0.3, 0.4) is 0 Å². The van der Waals surface area contributed by atoms with Crippen molar-refractivity contribution < 1.29 is 30.0 Å². The van der Waals surface area contributed by atoms with Gasteiger partial charge in [0.15, 0.2) is 5.78 Å². The fraction of sp³-hybridized carbons (Fsp3) is 0.143. The zero-order chi connectivity index (χ0) is 21.5. The van der Waals surface area contributed by atoms with Crippen molar-refractivity contribution in [2.75, 3.05) is 0 Å². The van der Waals surface area contributed by atoms with Gasteiger partial charge in [-0.1, -0.05) is 48.4 Å². The molecule has 2 aliphatic carbocycles. The van der Waals surface area contributed by atoms with Gasteiger partial charge in [-0.2, -0.15) is 0 Å². The summed E-state index contributed by atoms with van der Waals surface area (Å²) in [5.41, 5.74) is 11.6. The van der Waals surface area contributed by atoms with E-state index in [0.717, 1.165) is 24.1 Å². The molecular weight excluding hydrogens is 575 g/mol. The number of hydrogen-bond donors (Lipinski definition) is 1. The molecule has 0 amide bonds. The number of ketones is 1. The second-order valence-electron chi connectivity index (χ2n) is 8.03. The summed E-state index contributed by atoms with van der Waals surface area (Å²) in [6, 6.07) is 25.0. The number of hydrogen-bond acceptors (Lipinski definition) is 3. The van der Waals surface area contributed by atoms with E-state index in [1.807, 2.05) is 6.07 Å². The van der Waals surface area contributed by atoms with E-state index >= 15 is 0 Å². The van der Waals surface area contributed by atoms with Crippen LogP contribution in [0.5, 0.6) is 0 Å². The van der Waals surface area contributed by atoms with Crippen LogP contribution < -0.4 is 0 Å². The maximum atomic E-state index is 10.0. The number of aromatic nitrogens is 1. The Kier molecular flexibility index (Phi) is 6.10. The summed E-state index contributed by atoms with van der Waals surface area (Å²) < 4.78 is 0. The minimum Gasteiger partial charge on any atom is -0.512 e. The standard InChI is InChI=1S/C23H14N.C5H8O2.Ir/c1-2-7-15-14(6-1)12-13-19-21-17-9-4-3-8-16(17)18-10-5-11-20(22(18)21)24-23(15)19;1-4(6)3-5(2)7;/h1-6,8-11H,12-13H2;3,6H,1-2H3;/q-1;;. The van der Waals surface area contributed by atoms with Crippen LogP contribution in [0.4, 0.5) is 0 Å². The number of allylic oxidation sites excluding steroid dienone is 2. The molecule has 32 heavy (non-hydrogen) atoms. The van der Waals surface area contributed by atoms with Crippen molar-refractivity contribution in [3.05, 3.63) is 89.7 Å². The van der Waals surface area contributed by atoms with E-state index in [9.17, 15) is 4.79 Å². The van der Waals surface area contributed by atoms with Gasteiger partial charge in [0, 0.05) is 31.6 Å². The largest absolute Gasteiger partial charge is 0.512 e. The van der Waals surface area contributed by atoms with Crippen molar-refractivity contribution in [3.8, 4) is 33.5 Å². The van der Waals surface area contributed by atoms with E-state index in [4.69, 9.17) is 10.1 Å². The maximum Gasteiger partial charge on any atom is 0.155 e. The van der Waals surface area contributed by atoms with E-state index in [1.165, 1.54) is 64.3 Å². The molecule has 0 spiro atoms. The van der Waals surface area contributed by atoms with Crippen LogP contribution in [0.25, 0.3) is 44.4 Å². The SMILES string of the molecule is CC(=O)C=C(C)O.[Ir].[c-]1cccc2c1-c1nc3cccc4c3c(c1CC2)-c1ccccc1-4. The molecule has 1 N–H and O–H groups in total. The van der Waals surface area contributed by atoms with Gasteiger partial charge in [0.25, 0.3) is 0 Å². The van der Waals surface area contributed by atoms with Gasteiger partial charge < -0.3 is 5.11 Å². The first-order valence-corrected chi connectivity index (χ1v) is 10.5. The monoisotopic (exact) mass is 597 g/mol. The Balaban J connectivity index is 0.000000271. The Morgan fingerprint density at radius 1 is 0.969 bits per heavy atom. The van der Waals surface area contributed by atoms with Crippen molar-refractivity contribution in [1.29, 1.82) is 0 Å². The smallest absolute Gasteiger partial charge is 0.155 e. The minimum atomic E-state index is -0.125. The maximum absolute atomic E-state index is 10.0. The molecule has 0 aliphatic heterocycles. The number of nitrogens with zero attached hydrogens (tertiary/aromatic N) is 1. The summed E-state index contributed by atoms with van der Waals surface area (Å²) in [4.78, 5) is 15.1. The zero-order valence-electron chi connectivity index (χ0n) is 17.9. The van der Waals surface area contributed by atoms with Gasteiger partial charge in [0.05, 0.1) is 11.3 Å². The molecule has 0 saturated heterocycles. The summed E-state index contributed by atoms with van der Waals surface area (Å²) >= 11 is 0. The summed E-state index contributed by atoms with van der Waals surface area (Å²) in [6.07, 6.45) is 3.30. The fourth-order valence-corrected chi connectivity index (χ4v) is 4.72. The number of aliphatic hydroxyl groups is 1. The molecule has 3 aromatic carbocycles. The molecule has 3 nitrogen and oxygen atoms in total. The number of pyridine rings is 1. The van der Waals surface area contributed by atoms with Crippen LogP contribution in [0, 0.1) is 6.07 Å². The van der Waals surface area contributed by atoms with Crippen molar-refractivity contribution in [2.45, 2.75) is 26.7 Å². The Labute approximate surface area is 201 Å². The first-order chi connectivity index (χ1) is 15.0. The van der Waals surface area contributed by atoms with E-state index in [0.29, 0.717) is 0 Å². The average Bonchev–Trinajstić information content (AvgIpc) is 3.10. The van der Waals surface area contributed by atoms with Crippen LogP contribution in [0.1, 0.15) is 25.0 Å². The molecule has 0 atom stereocenters. The Morgan fingerprint density at radius 2 is 1.72 bits per heavy atom. The van der Waals surface area contributed by atoms with E-state index < -0.39 is 0 Å². The number of carbonyl (C=O) groups excluding carboxylic acids is 1. The molecule has 4 aromatic rings. The normalized spacial score (nSPS) is 12.6. The molecule has 1 radical (unpaired) electrons. The van der Waals surface area contributed by atoms with Crippen LogP contribution in [0.2, 0.25) is 0 Å². The predicted octanol–water partition coefficient (Wildman–Crippen LogP) is 6.48. The number of rotatable bonds is 1. The quantitative estimate of drug-likeness (QED) is 0.137. The summed E-state index contributed by atoms with van der Waals surface area (Å²) in [7, 11) is 0. The molecule has 0 saturated carbocycles. The molecular formula is C28H22IrNO2-. The van der Waals surface area contributed by atoms with Crippen molar-refractivity contribution in [1.82, 2.24) is 4.98 Å². The Morgan fingerprint density at radius 3 is 2.44 bits per heavy atom. The van der Waals surface area contributed by atoms with Crippen LogP contribution >= 0.6 is 0 Å². The number of fused-ring (bicyclic) bond motifs is 7. The summed E-state index contributed by atoms with van der Waals surface area (Å²) in [6.45, 7) is 2.85. The van der Waals surface area contributed by atoms with Gasteiger partial charge in [0.1, 0.15) is 0 Å². The molecule has 0 fully saturated rings. The molecule has 0 bridgehead atoms. The van der Waals surface area contributed by atoms with Crippen molar-refractivity contribution in [3.63, 3.8) is 0 Å². The number of aryl methyl sites for hydroxylation is 1. The topological polar surface area (TPSA) is 50.2 Å².